The molecule has 0 amide bonds. The fourth-order valence-corrected chi connectivity index (χ4v) is 2.41. The maximum absolute atomic E-state index is 5.48. The highest BCUT2D eigenvalue weighted by Gasteiger charge is 2.14. The molecule has 1 aromatic carbocycles. The van der Waals surface area contributed by atoms with E-state index in [0.717, 1.165) is 36.9 Å². The number of nitrogens with zero attached hydrogens (tertiary/aromatic N) is 1. The minimum atomic E-state index is 0.781. The molecule has 1 aromatic rings. The number of ether oxygens (including phenoxy) is 1. The minimum absolute atomic E-state index is 0.781. The first kappa shape index (κ1) is 11.9. The van der Waals surface area contributed by atoms with E-state index in [4.69, 9.17) is 17.0 Å². The summed E-state index contributed by atoms with van der Waals surface area (Å²) in [5.41, 5.74) is 1.13. The monoisotopic (exact) mass is 253 g/mol. The molecule has 0 radical (unpaired) electrons. The number of thiocarbonyl (C=S) groups is 1. The van der Waals surface area contributed by atoms with Gasteiger partial charge < -0.3 is 9.64 Å². The van der Waals surface area contributed by atoms with Crippen LogP contribution in [0.5, 0.6) is 0 Å². The van der Waals surface area contributed by atoms with Crippen molar-refractivity contribution in [2.24, 2.45) is 0 Å². The summed E-state index contributed by atoms with van der Waals surface area (Å²) in [6.45, 7) is 3.37. The molecule has 2 nitrogen and oxygen atoms in total. The van der Waals surface area contributed by atoms with Gasteiger partial charge in [-0.3, -0.25) is 0 Å². The van der Waals surface area contributed by atoms with Crippen LogP contribution in [-0.2, 0) is 4.74 Å². The third-order valence-electron chi connectivity index (χ3n) is 2.64. The number of thioether (sulfide) groups is 1. The van der Waals surface area contributed by atoms with Gasteiger partial charge in [0.1, 0.15) is 4.99 Å². The smallest absolute Gasteiger partial charge is 0.109 e. The average Bonchev–Trinajstić information content (AvgIpc) is 2.39. The van der Waals surface area contributed by atoms with Crippen molar-refractivity contribution in [3.8, 4) is 0 Å². The SMILES string of the molecule is CSc1ccc(C(=S)N2CCOCC2)cc1. The summed E-state index contributed by atoms with van der Waals surface area (Å²) in [5.74, 6) is 0. The Morgan fingerprint density at radius 3 is 2.44 bits per heavy atom. The van der Waals surface area contributed by atoms with Crippen LogP contribution in [-0.4, -0.2) is 42.4 Å². The van der Waals surface area contributed by atoms with Gasteiger partial charge in [0.05, 0.1) is 13.2 Å². The van der Waals surface area contributed by atoms with Gasteiger partial charge in [-0.05, 0) is 18.4 Å². The van der Waals surface area contributed by atoms with Gasteiger partial charge in [0.25, 0.3) is 0 Å². The van der Waals surface area contributed by atoms with E-state index < -0.39 is 0 Å². The molecule has 0 spiro atoms. The van der Waals surface area contributed by atoms with Crippen LogP contribution in [0.4, 0.5) is 0 Å². The topological polar surface area (TPSA) is 12.5 Å². The second-order valence-corrected chi connectivity index (χ2v) is 4.90. The van der Waals surface area contributed by atoms with E-state index in [1.54, 1.807) is 11.8 Å². The van der Waals surface area contributed by atoms with Gasteiger partial charge >= 0.3 is 0 Å². The number of rotatable bonds is 2. The van der Waals surface area contributed by atoms with Gasteiger partial charge in [0.2, 0.25) is 0 Å². The molecule has 1 saturated heterocycles. The first-order chi connectivity index (χ1) is 7.81. The molecule has 0 unspecified atom stereocenters. The van der Waals surface area contributed by atoms with Gasteiger partial charge in [-0.1, -0.05) is 24.4 Å². The van der Waals surface area contributed by atoms with Crippen LogP contribution in [0, 0.1) is 0 Å². The highest BCUT2D eigenvalue weighted by Crippen LogP contribution is 2.16. The van der Waals surface area contributed by atoms with Gasteiger partial charge in [-0.25, -0.2) is 0 Å². The van der Waals surface area contributed by atoms with E-state index in [9.17, 15) is 0 Å². The Kier molecular flexibility index (Phi) is 4.21. The number of benzene rings is 1. The fourth-order valence-electron chi connectivity index (χ4n) is 1.68. The minimum Gasteiger partial charge on any atom is -0.378 e. The van der Waals surface area contributed by atoms with Crippen LogP contribution in [0.2, 0.25) is 0 Å². The van der Waals surface area contributed by atoms with E-state index in [2.05, 4.69) is 35.4 Å². The molecule has 0 bridgehead atoms. The maximum atomic E-state index is 5.48. The van der Waals surface area contributed by atoms with Crippen molar-refractivity contribution in [2.75, 3.05) is 32.6 Å². The summed E-state index contributed by atoms with van der Waals surface area (Å²) in [4.78, 5) is 4.43. The first-order valence-electron chi connectivity index (χ1n) is 5.32. The van der Waals surface area contributed by atoms with Crippen molar-refractivity contribution in [2.45, 2.75) is 4.90 Å². The summed E-state index contributed by atoms with van der Waals surface area (Å²) in [5, 5.41) is 0. The Labute approximate surface area is 106 Å². The zero-order valence-corrected chi connectivity index (χ0v) is 10.9. The predicted molar refractivity (Wildman–Crippen MR) is 72.3 cm³/mol. The summed E-state index contributed by atoms with van der Waals surface area (Å²) in [6, 6.07) is 8.44. The fraction of sp³-hybridized carbons (Fsp3) is 0.417. The lowest BCUT2D eigenvalue weighted by Gasteiger charge is -2.29. The molecule has 0 saturated carbocycles. The van der Waals surface area contributed by atoms with Crippen LogP contribution in [0.1, 0.15) is 5.56 Å². The summed E-state index contributed by atoms with van der Waals surface area (Å²) >= 11 is 7.23. The van der Waals surface area contributed by atoms with E-state index in [-0.39, 0.29) is 0 Å². The zero-order chi connectivity index (χ0) is 11.4. The molecule has 2 rings (SSSR count). The largest absolute Gasteiger partial charge is 0.378 e. The first-order valence-corrected chi connectivity index (χ1v) is 6.95. The third-order valence-corrected chi connectivity index (χ3v) is 3.87. The molecular weight excluding hydrogens is 238 g/mol. The van der Waals surface area contributed by atoms with Gasteiger partial charge in [-0.2, -0.15) is 0 Å². The highest BCUT2D eigenvalue weighted by atomic mass is 32.2. The van der Waals surface area contributed by atoms with Crippen LogP contribution in [0.25, 0.3) is 0 Å². The Morgan fingerprint density at radius 2 is 1.88 bits per heavy atom. The molecule has 0 aromatic heterocycles. The van der Waals surface area contributed by atoms with Crippen LogP contribution >= 0.6 is 24.0 Å². The molecule has 86 valence electrons. The predicted octanol–water partition coefficient (Wildman–Crippen LogP) is 2.42. The van der Waals surface area contributed by atoms with E-state index in [0.29, 0.717) is 0 Å². The van der Waals surface area contributed by atoms with Gasteiger partial charge in [0.15, 0.2) is 0 Å². The van der Waals surface area contributed by atoms with Crippen molar-refractivity contribution in [3.05, 3.63) is 29.8 Å². The Hall–Kier alpha value is -0.580. The zero-order valence-electron chi connectivity index (χ0n) is 9.31. The molecular formula is C12H15NOS2. The maximum Gasteiger partial charge on any atom is 0.109 e. The molecule has 1 fully saturated rings. The standard InChI is InChI=1S/C12H15NOS2/c1-16-11-4-2-10(3-5-11)12(15)13-6-8-14-9-7-13/h2-5H,6-9H2,1H3. The van der Waals surface area contributed by atoms with Crippen LogP contribution < -0.4 is 0 Å². The summed E-state index contributed by atoms with van der Waals surface area (Å²) in [7, 11) is 0. The Morgan fingerprint density at radius 1 is 1.25 bits per heavy atom. The Bertz CT molecular complexity index is 358. The number of hydrogen-bond donors (Lipinski definition) is 0. The Balaban J connectivity index is 2.07. The highest BCUT2D eigenvalue weighted by molar-refractivity contribution is 7.98. The number of morpholine rings is 1. The van der Waals surface area contributed by atoms with E-state index in [1.165, 1.54) is 4.90 Å². The van der Waals surface area contributed by atoms with Crippen molar-refractivity contribution >= 4 is 29.0 Å². The average molecular weight is 253 g/mol. The van der Waals surface area contributed by atoms with E-state index >= 15 is 0 Å². The molecule has 1 heterocycles. The lowest BCUT2D eigenvalue weighted by Crippen LogP contribution is -2.40. The second-order valence-electron chi connectivity index (χ2n) is 3.63. The molecule has 0 N–H and O–H groups in total. The van der Waals surface area contributed by atoms with Crippen molar-refractivity contribution in [3.63, 3.8) is 0 Å². The van der Waals surface area contributed by atoms with E-state index in [1.807, 2.05) is 0 Å². The quantitative estimate of drug-likeness (QED) is 0.592. The van der Waals surface area contributed by atoms with Crippen LogP contribution in [0.3, 0.4) is 0 Å². The molecule has 1 aliphatic rings. The summed E-state index contributed by atoms with van der Waals surface area (Å²) < 4.78 is 5.32. The molecule has 0 aliphatic carbocycles. The lowest BCUT2D eigenvalue weighted by molar-refractivity contribution is 0.0693. The second kappa shape index (κ2) is 5.66. The lowest BCUT2D eigenvalue weighted by atomic mass is 10.2. The van der Waals surface area contributed by atoms with Gasteiger partial charge in [0, 0.05) is 23.5 Å². The van der Waals surface area contributed by atoms with Crippen molar-refractivity contribution in [1.82, 2.24) is 4.90 Å². The molecule has 1 aliphatic heterocycles. The van der Waals surface area contributed by atoms with Crippen molar-refractivity contribution < 1.29 is 4.74 Å². The van der Waals surface area contributed by atoms with Gasteiger partial charge in [-0.15, -0.1) is 11.8 Å². The number of hydrogen-bond acceptors (Lipinski definition) is 3. The molecule has 4 heteroatoms. The van der Waals surface area contributed by atoms with Crippen LogP contribution in [0.15, 0.2) is 29.2 Å². The normalized spacial score (nSPS) is 16.2. The molecule has 16 heavy (non-hydrogen) atoms. The molecule has 0 atom stereocenters. The third kappa shape index (κ3) is 2.75. The summed E-state index contributed by atoms with van der Waals surface area (Å²) in [6.07, 6.45) is 2.08. The van der Waals surface area contributed by atoms with Crippen molar-refractivity contribution in [1.29, 1.82) is 0 Å².